The molecule has 0 spiro atoms. The van der Waals surface area contributed by atoms with E-state index in [2.05, 4.69) is 23.7 Å². The van der Waals surface area contributed by atoms with Crippen molar-refractivity contribution in [1.82, 2.24) is 14.5 Å². The summed E-state index contributed by atoms with van der Waals surface area (Å²) in [6.45, 7) is 6.54. The number of benzene rings is 1. The summed E-state index contributed by atoms with van der Waals surface area (Å²) in [7, 11) is 0. The third kappa shape index (κ3) is 4.10. The van der Waals surface area contributed by atoms with Crippen LogP contribution in [0.3, 0.4) is 0 Å². The molecule has 25 heavy (non-hydrogen) atoms. The molecule has 0 aliphatic carbocycles. The molecule has 5 nitrogen and oxygen atoms in total. The SMILES string of the molecule is CC(C)N1CCC(c2nccn2[C@H](Cc2ccccc2)C(=O)O)CC1. The molecular weight excluding hydrogens is 314 g/mol. The lowest BCUT2D eigenvalue weighted by Crippen LogP contribution is -2.38. The largest absolute Gasteiger partial charge is 0.480 e. The van der Waals surface area contributed by atoms with E-state index in [1.807, 2.05) is 41.1 Å². The van der Waals surface area contributed by atoms with Gasteiger partial charge in [-0.3, -0.25) is 0 Å². The first-order valence-electron chi connectivity index (χ1n) is 9.09. The van der Waals surface area contributed by atoms with Crippen LogP contribution < -0.4 is 0 Å². The highest BCUT2D eigenvalue weighted by molar-refractivity contribution is 5.72. The topological polar surface area (TPSA) is 58.4 Å². The highest BCUT2D eigenvalue weighted by atomic mass is 16.4. The summed E-state index contributed by atoms with van der Waals surface area (Å²) in [5, 5.41) is 9.79. The van der Waals surface area contributed by atoms with E-state index in [-0.39, 0.29) is 0 Å². The molecule has 1 fully saturated rings. The number of carboxylic acid groups (broad SMARTS) is 1. The number of hydrogen-bond acceptors (Lipinski definition) is 3. The molecule has 2 heterocycles. The van der Waals surface area contributed by atoms with Crippen molar-refractivity contribution in [2.24, 2.45) is 0 Å². The summed E-state index contributed by atoms with van der Waals surface area (Å²) in [5.41, 5.74) is 1.03. The zero-order chi connectivity index (χ0) is 17.8. The zero-order valence-electron chi connectivity index (χ0n) is 15.0. The second-order valence-electron chi connectivity index (χ2n) is 7.14. The van der Waals surface area contributed by atoms with Crippen LogP contribution >= 0.6 is 0 Å². The van der Waals surface area contributed by atoms with E-state index in [4.69, 9.17) is 0 Å². The number of rotatable bonds is 6. The Kier molecular flexibility index (Phi) is 5.53. The highest BCUT2D eigenvalue weighted by Crippen LogP contribution is 2.30. The van der Waals surface area contributed by atoms with Crippen molar-refractivity contribution in [1.29, 1.82) is 0 Å². The van der Waals surface area contributed by atoms with Gasteiger partial charge >= 0.3 is 5.97 Å². The van der Waals surface area contributed by atoms with E-state index >= 15 is 0 Å². The van der Waals surface area contributed by atoms with Crippen LogP contribution in [-0.4, -0.2) is 44.7 Å². The molecule has 1 N–H and O–H groups in total. The van der Waals surface area contributed by atoms with Crippen LogP contribution in [0.2, 0.25) is 0 Å². The van der Waals surface area contributed by atoms with Crippen molar-refractivity contribution < 1.29 is 9.90 Å². The van der Waals surface area contributed by atoms with Crippen LogP contribution in [0.25, 0.3) is 0 Å². The molecular formula is C20H27N3O2. The standard InChI is InChI=1S/C20H27N3O2/c1-15(2)22-11-8-17(9-12-22)19-21-10-13-23(19)18(20(24)25)14-16-6-4-3-5-7-16/h3-7,10,13,15,17-18H,8-9,11-12,14H2,1-2H3,(H,24,25)/t18-/m1/s1. The Balaban J connectivity index is 1.78. The summed E-state index contributed by atoms with van der Waals surface area (Å²) in [4.78, 5) is 18.9. The number of aliphatic carboxylic acids is 1. The maximum Gasteiger partial charge on any atom is 0.327 e. The number of imidazole rings is 1. The summed E-state index contributed by atoms with van der Waals surface area (Å²) < 4.78 is 1.88. The molecule has 5 heteroatoms. The molecule has 3 rings (SSSR count). The molecule has 0 unspecified atom stereocenters. The van der Waals surface area contributed by atoms with Crippen molar-refractivity contribution >= 4 is 5.97 Å². The van der Waals surface area contributed by atoms with Gasteiger partial charge in [-0.25, -0.2) is 9.78 Å². The van der Waals surface area contributed by atoms with Crippen LogP contribution in [0.1, 0.15) is 50.0 Å². The Morgan fingerprint density at radius 2 is 1.92 bits per heavy atom. The number of carbonyl (C=O) groups is 1. The van der Waals surface area contributed by atoms with E-state index in [1.165, 1.54) is 0 Å². The Bertz CT molecular complexity index is 688. The van der Waals surface area contributed by atoms with Gasteiger partial charge in [0.2, 0.25) is 0 Å². The molecule has 0 amide bonds. The van der Waals surface area contributed by atoms with Gasteiger partial charge in [0.1, 0.15) is 11.9 Å². The van der Waals surface area contributed by atoms with Crippen molar-refractivity contribution in [3.05, 3.63) is 54.1 Å². The van der Waals surface area contributed by atoms with Crippen LogP contribution in [0.15, 0.2) is 42.7 Å². The lowest BCUT2D eigenvalue weighted by atomic mass is 9.94. The predicted molar refractivity (Wildman–Crippen MR) is 97.7 cm³/mol. The number of hydrogen-bond donors (Lipinski definition) is 1. The van der Waals surface area contributed by atoms with Crippen LogP contribution in [0.4, 0.5) is 0 Å². The molecule has 1 aromatic heterocycles. The van der Waals surface area contributed by atoms with E-state index in [9.17, 15) is 9.90 Å². The Hall–Kier alpha value is -2.14. The van der Waals surface area contributed by atoms with Gasteiger partial charge in [-0.2, -0.15) is 0 Å². The third-order valence-electron chi connectivity index (χ3n) is 5.22. The normalized spacial score (nSPS) is 17.7. The van der Waals surface area contributed by atoms with Gasteiger partial charge in [0, 0.05) is 30.8 Å². The van der Waals surface area contributed by atoms with E-state index in [0.717, 1.165) is 37.3 Å². The Morgan fingerprint density at radius 1 is 1.24 bits per heavy atom. The van der Waals surface area contributed by atoms with Crippen LogP contribution in [0, 0.1) is 0 Å². The molecule has 1 saturated heterocycles. The number of piperidine rings is 1. The fourth-order valence-corrected chi connectivity index (χ4v) is 3.72. The lowest BCUT2D eigenvalue weighted by Gasteiger charge is -2.34. The molecule has 1 atom stereocenters. The van der Waals surface area contributed by atoms with Crippen LogP contribution in [0.5, 0.6) is 0 Å². The lowest BCUT2D eigenvalue weighted by molar-refractivity contribution is -0.141. The monoisotopic (exact) mass is 341 g/mol. The van der Waals surface area contributed by atoms with Gasteiger partial charge in [0.25, 0.3) is 0 Å². The second-order valence-corrected chi connectivity index (χ2v) is 7.14. The minimum Gasteiger partial charge on any atom is -0.480 e. The molecule has 1 aromatic carbocycles. The second kappa shape index (κ2) is 7.83. The third-order valence-corrected chi connectivity index (χ3v) is 5.22. The number of nitrogens with zero attached hydrogens (tertiary/aromatic N) is 3. The maximum absolute atomic E-state index is 11.9. The zero-order valence-corrected chi connectivity index (χ0v) is 15.0. The molecule has 2 aromatic rings. The van der Waals surface area contributed by atoms with Crippen LogP contribution in [-0.2, 0) is 11.2 Å². The van der Waals surface area contributed by atoms with Gasteiger partial charge < -0.3 is 14.6 Å². The average molecular weight is 341 g/mol. The van der Waals surface area contributed by atoms with Crippen molar-refractivity contribution in [2.75, 3.05) is 13.1 Å². The summed E-state index contributed by atoms with van der Waals surface area (Å²) >= 11 is 0. The minimum absolute atomic E-state index is 0.336. The minimum atomic E-state index is -0.803. The predicted octanol–water partition coefficient (Wildman–Crippen LogP) is 3.34. The first kappa shape index (κ1) is 17.7. The average Bonchev–Trinajstić information content (AvgIpc) is 3.09. The first-order valence-corrected chi connectivity index (χ1v) is 9.09. The summed E-state index contributed by atoms with van der Waals surface area (Å²) in [6.07, 6.45) is 6.11. The van der Waals surface area contributed by atoms with E-state index in [0.29, 0.717) is 18.4 Å². The van der Waals surface area contributed by atoms with Gasteiger partial charge in [0.15, 0.2) is 0 Å². The first-order chi connectivity index (χ1) is 12.1. The molecule has 1 aliphatic rings. The molecule has 134 valence electrons. The molecule has 0 radical (unpaired) electrons. The van der Waals surface area contributed by atoms with Crippen molar-refractivity contribution in [3.8, 4) is 0 Å². The summed E-state index contributed by atoms with van der Waals surface area (Å²) in [5.74, 6) is 0.456. The smallest absolute Gasteiger partial charge is 0.327 e. The molecule has 0 saturated carbocycles. The van der Waals surface area contributed by atoms with Crippen molar-refractivity contribution in [3.63, 3.8) is 0 Å². The highest BCUT2D eigenvalue weighted by Gasteiger charge is 2.29. The number of likely N-dealkylation sites (tertiary alicyclic amines) is 1. The number of aromatic nitrogens is 2. The van der Waals surface area contributed by atoms with Gasteiger partial charge in [-0.05, 0) is 45.3 Å². The van der Waals surface area contributed by atoms with E-state index in [1.54, 1.807) is 6.20 Å². The fourth-order valence-electron chi connectivity index (χ4n) is 3.72. The van der Waals surface area contributed by atoms with Gasteiger partial charge in [-0.15, -0.1) is 0 Å². The Labute approximate surface area is 149 Å². The molecule has 1 aliphatic heterocycles. The summed E-state index contributed by atoms with van der Waals surface area (Å²) in [6, 6.07) is 9.76. The van der Waals surface area contributed by atoms with Crippen molar-refractivity contribution in [2.45, 2.75) is 51.1 Å². The van der Waals surface area contributed by atoms with Gasteiger partial charge in [0.05, 0.1) is 0 Å². The quantitative estimate of drug-likeness (QED) is 0.875. The Morgan fingerprint density at radius 3 is 2.52 bits per heavy atom. The fraction of sp³-hybridized carbons (Fsp3) is 0.500. The van der Waals surface area contributed by atoms with Gasteiger partial charge in [-0.1, -0.05) is 30.3 Å². The number of carboxylic acids is 1. The molecule has 0 bridgehead atoms. The van der Waals surface area contributed by atoms with E-state index < -0.39 is 12.0 Å². The maximum atomic E-state index is 11.9.